The molecule has 23 heavy (non-hydrogen) atoms. The molecule has 5 nitrogen and oxygen atoms in total. The van der Waals surface area contributed by atoms with Gasteiger partial charge in [-0.15, -0.1) is 0 Å². The molecule has 0 saturated heterocycles. The fourth-order valence-corrected chi connectivity index (χ4v) is 3.84. The van der Waals surface area contributed by atoms with E-state index in [1.54, 1.807) is 13.2 Å². The smallest absolute Gasteiger partial charge is 0.339 e. The van der Waals surface area contributed by atoms with E-state index in [1.165, 1.54) is 0 Å². The Morgan fingerprint density at radius 3 is 2.83 bits per heavy atom. The maximum absolute atomic E-state index is 11.9. The molecule has 2 atom stereocenters. The van der Waals surface area contributed by atoms with Crippen LogP contribution in [0.5, 0.6) is 5.75 Å². The molecule has 3 rings (SSSR count). The monoisotopic (exact) mass is 318 g/mol. The number of cyclic esters (lactones) is 1. The van der Waals surface area contributed by atoms with E-state index in [2.05, 4.69) is 13.8 Å². The average molecular weight is 318 g/mol. The Kier molecular flexibility index (Phi) is 3.82. The molecule has 1 N–H and O–H groups in total. The van der Waals surface area contributed by atoms with E-state index in [0.29, 0.717) is 24.5 Å². The number of carbonyl (C=O) groups is 2. The zero-order valence-electron chi connectivity index (χ0n) is 13.8. The van der Waals surface area contributed by atoms with Gasteiger partial charge in [0.25, 0.3) is 0 Å². The van der Waals surface area contributed by atoms with E-state index in [4.69, 9.17) is 14.6 Å². The molecule has 1 aromatic rings. The van der Waals surface area contributed by atoms with Gasteiger partial charge in [-0.05, 0) is 47.8 Å². The number of fused-ring (bicyclic) bond motifs is 3. The Bertz CT molecular complexity index is 678. The van der Waals surface area contributed by atoms with Crippen molar-refractivity contribution in [2.75, 3.05) is 7.11 Å². The number of rotatable bonds is 4. The maximum atomic E-state index is 11.9. The Morgan fingerprint density at radius 2 is 2.17 bits per heavy atom. The summed E-state index contributed by atoms with van der Waals surface area (Å²) in [5.74, 6) is 0.0228. The van der Waals surface area contributed by atoms with Gasteiger partial charge in [-0.3, -0.25) is 4.79 Å². The molecule has 0 bridgehead atoms. The number of hydrogen-bond donors (Lipinski definition) is 1. The predicted molar refractivity (Wildman–Crippen MR) is 83.7 cm³/mol. The molecule has 0 spiro atoms. The van der Waals surface area contributed by atoms with E-state index in [1.807, 2.05) is 0 Å². The van der Waals surface area contributed by atoms with Crippen molar-refractivity contribution in [3.8, 4) is 5.75 Å². The summed E-state index contributed by atoms with van der Waals surface area (Å²) in [6, 6.07) is 1.79. The number of carbonyl (C=O) groups excluding carboxylic acids is 1. The summed E-state index contributed by atoms with van der Waals surface area (Å²) in [6.45, 7) is 4.62. The second kappa shape index (κ2) is 5.55. The summed E-state index contributed by atoms with van der Waals surface area (Å²) in [7, 11) is 1.62. The Hall–Kier alpha value is -2.04. The fraction of sp³-hybridized carbons (Fsp3) is 0.556. The maximum Gasteiger partial charge on any atom is 0.339 e. The molecule has 1 aliphatic heterocycles. The number of hydrogen-bond acceptors (Lipinski definition) is 4. The third-order valence-electron chi connectivity index (χ3n) is 5.60. The molecule has 124 valence electrons. The van der Waals surface area contributed by atoms with Crippen molar-refractivity contribution >= 4 is 11.9 Å². The van der Waals surface area contributed by atoms with Gasteiger partial charge in [-0.1, -0.05) is 13.8 Å². The predicted octanol–water partition coefficient (Wildman–Crippen LogP) is 2.97. The minimum absolute atomic E-state index is 0.100. The third kappa shape index (κ3) is 2.58. The first kappa shape index (κ1) is 15.8. The molecule has 2 aliphatic rings. The number of ether oxygens (including phenoxy) is 2. The normalized spacial score (nSPS) is 25.5. The van der Waals surface area contributed by atoms with Gasteiger partial charge in [0.1, 0.15) is 12.4 Å². The second-order valence-corrected chi connectivity index (χ2v) is 6.97. The molecule has 0 unspecified atom stereocenters. The molecule has 1 aromatic carbocycles. The Labute approximate surface area is 135 Å². The van der Waals surface area contributed by atoms with Crippen LogP contribution in [-0.4, -0.2) is 24.2 Å². The Morgan fingerprint density at radius 1 is 1.43 bits per heavy atom. The van der Waals surface area contributed by atoms with E-state index in [-0.39, 0.29) is 17.8 Å². The van der Waals surface area contributed by atoms with Crippen LogP contribution < -0.4 is 4.74 Å². The van der Waals surface area contributed by atoms with Gasteiger partial charge >= 0.3 is 11.9 Å². The van der Waals surface area contributed by atoms with Crippen molar-refractivity contribution in [2.24, 2.45) is 11.3 Å². The lowest BCUT2D eigenvalue weighted by atomic mass is 9.63. The summed E-state index contributed by atoms with van der Waals surface area (Å²) in [6.07, 6.45) is 2.38. The molecule has 5 heteroatoms. The minimum atomic E-state index is -0.765. The van der Waals surface area contributed by atoms with Gasteiger partial charge in [-0.2, -0.15) is 0 Å². The SMILES string of the molecule is COc1cc2c(c3c1C[C@H](C)[C@](C)(CCC(=O)O)C3)COC2=O. The summed E-state index contributed by atoms with van der Waals surface area (Å²) < 4.78 is 10.7. The van der Waals surface area contributed by atoms with Crippen molar-refractivity contribution in [1.82, 2.24) is 0 Å². The highest BCUT2D eigenvalue weighted by Crippen LogP contribution is 2.48. The number of aliphatic carboxylic acids is 1. The first-order valence-corrected chi connectivity index (χ1v) is 7.96. The van der Waals surface area contributed by atoms with Crippen LogP contribution in [0.25, 0.3) is 0 Å². The highest BCUT2D eigenvalue weighted by atomic mass is 16.5. The number of carboxylic acid groups (broad SMARTS) is 1. The lowest BCUT2D eigenvalue weighted by Crippen LogP contribution is -2.35. The number of benzene rings is 1. The van der Waals surface area contributed by atoms with Crippen molar-refractivity contribution in [2.45, 2.75) is 46.1 Å². The van der Waals surface area contributed by atoms with Crippen LogP contribution >= 0.6 is 0 Å². The van der Waals surface area contributed by atoms with Crippen LogP contribution in [0.1, 0.15) is 53.7 Å². The van der Waals surface area contributed by atoms with Crippen molar-refractivity contribution in [3.63, 3.8) is 0 Å². The van der Waals surface area contributed by atoms with Crippen LogP contribution in [0.4, 0.5) is 0 Å². The van der Waals surface area contributed by atoms with Crippen LogP contribution in [0, 0.1) is 11.3 Å². The van der Waals surface area contributed by atoms with Gasteiger partial charge < -0.3 is 14.6 Å². The van der Waals surface area contributed by atoms with E-state index in [0.717, 1.165) is 35.3 Å². The van der Waals surface area contributed by atoms with Crippen LogP contribution in [0.2, 0.25) is 0 Å². The summed E-state index contributed by atoms with van der Waals surface area (Å²) >= 11 is 0. The highest BCUT2D eigenvalue weighted by molar-refractivity contribution is 5.94. The molecule has 0 fully saturated rings. The van der Waals surface area contributed by atoms with Gasteiger partial charge in [0, 0.05) is 12.0 Å². The van der Waals surface area contributed by atoms with Crippen molar-refractivity contribution in [3.05, 3.63) is 28.3 Å². The molecular formula is C18H22O5. The topological polar surface area (TPSA) is 72.8 Å². The largest absolute Gasteiger partial charge is 0.496 e. The van der Waals surface area contributed by atoms with E-state index >= 15 is 0 Å². The second-order valence-electron chi connectivity index (χ2n) is 6.97. The zero-order valence-corrected chi connectivity index (χ0v) is 13.8. The number of esters is 1. The molecule has 0 saturated carbocycles. The standard InChI is InChI=1S/C18H22O5/c1-10-6-11-13(8-18(10,2)5-4-16(19)20)14-9-23-17(21)12(14)7-15(11)22-3/h7,10H,4-6,8-9H2,1-3H3,(H,19,20)/t10-,18+/m0/s1. The van der Waals surface area contributed by atoms with E-state index in [9.17, 15) is 9.59 Å². The van der Waals surface area contributed by atoms with Gasteiger partial charge in [-0.25, -0.2) is 4.79 Å². The van der Waals surface area contributed by atoms with Crippen LogP contribution in [0.15, 0.2) is 6.07 Å². The van der Waals surface area contributed by atoms with E-state index < -0.39 is 5.97 Å². The third-order valence-corrected chi connectivity index (χ3v) is 5.60. The summed E-state index contributed by atoms with van der Waals surface area (Å²) in [5, 5.41) is 9.03. The average Bonchev–Trinajstić information content (AvgIpc) is 2.87. The van der Waals surface area contributed by atoms with Gasteiger partial charge in [0.05, 0.1) is 12.7 Å². The lowest BCUT2D eigenvalue weighted by Gasteiger charge is -2.41. The minimum Gasteiger partial charge on any atom is -0.496 e. The molecular weight excluding hydrogens is 296 g/mol. The molecule has 0 radical (unpaired) electrons. The quantitative estimate of drug-likeness (QED) is 0.864. The zero-order chi connectivity index (χ0) is 16.8. The highest BCUT2D eigenvalue weighted by Gasteiger charge is 2.40. The number of methoxy groups -OCH3 is 1. The fourth-order valence-electron chi connectivity index (χ4n) is 3.84. The van der Waals surface area contributed by atoms with Gasteiger partial charge in [0.2, 0.25) is 0 Å². The Balaban J connectivity index is 2.05. The molecule has 1 aliphatic carbocycles. The first-order chi connectivity index (χ1) is 10.9. The molecule has 0 amide bonds. The van der Waals surface area contributed by atoms with Gasteiger partial charge in [0.15, 0.2) is 0 Å². The summed E-state index contributed by atoms with van der Waals surface area (Å²) in [4.78, 5) is 22.9. The molecule has 0 aromatic heterocycles. The van der Waals surface area contributed by atoms with Crippen LogP contribution in [-0.2, 0) is 29.0 Å². The lowest BCUT2D eigenvalue weighted by molar-refractivity contribution is -0.137. The first-order valence-electron chi connectivity index (χ1n) is 7.96. The van der Waals surface area contributed by atoms with Crippen LogP contribution in [0.3, 0.4) is 0 Å². The molecule has 1 heterocycles. The van der Waals surface area contributed by atoms with Crippen molar-refractivity contribution in [1.29, 1.82) is 0 Å². The van der Waals surface area contributed by atoms with Crippen molar-refractivity contribution < 1.29 is 24.2 Å². The number of carboxylic acids is 1. The summed E-state index contributed by atoms with van der Waals surface area (Å²) in [5.41, 5.74) is 3.72.